The minimum atomic E-state index is -2.50. The van der Waals surface area contributed by atoms with Crippen LogP contribution >= 0.6 is 22.6 Å². The number of alkyl halides is 2. The van der Waals surface area contributed by atoms with Gasteiger partial charge in [-0.15, -0.1) is 0 Å². The highest BCUT2D eigenvalue weighted by molar-refractivity contribution is 14.1. The Morgan fingerprint density at radius 2 is 2.31 bits per heavy atom. The number of pyridine rings is 1. The van der Waals surface area contributed by atoms with E-state index in [1.165, 1.54) is 6.07 Å². The van der Waals surface area contributed by atoms with Crippen molar-refractivity contribution in [3.63, 3.8) is 0 Å². The molecule has 1 aromatic rings. The van der Waals surface area contributed by atoms with Crippen molar-refractivity contribution in [2.45, 2.75) is 12.8 Å². The highest BCUT2D eigenvalue weighted by Gasteiger charge is 2.12. The van der Waals surface area contributed by atoms with Crippen LogP contribution in [0.25, 0.3) is 0 Å². The zero-order valence-corrected chi connectivity index (χ0v) is 8.62. The van der Waals surface area contributed by atoms with Gasteiger partial charge in [0.2, 0.25) is 0 Å². The Morgan fingerprint density at radius 1 is 1.62 bits per heavy atom. The van der Waals surface area contributed by atoms with E-state index in [0.29, 0.717) is 9.26 Å². The van der Waals surface area contributed by atoms with Crippen LogP contribution in [-0.2, 0) is 6.42 Å². The van der Waals surface area contributed by atoms with E-state index >= 15 is 0 Å². The molecule has 1 heterocycles. The molecule has 0 amide bonds. The molecule has 0 aromatic carbocycles. The predicted molar refractivity (Wildman–Crippen MR) is 51.2 cm³/mol. The first-order valence-corrected chi connectivity index (χ1v) is 4.52. The van der Waals surface area contributed by atoms with Gasteiger partial charge in [0, 0.05) is 15.3 Å². The van der Waals surface area contributed by atoms with Crippen LogP contribution in [0.15, 0.2) is 12.3 Å². The molecule has 0 aliphatic rings. The number of rotatable bonds is 2. The maximum absolute atomic E-state index is 12.2. The normalized spacial score (nSPS) is 10.1. The Kier molecular flexibility index (Phi) is 3.54. The number of nitrogens with zero attached hydrogens (tertiary/aromatic N) is 2. The van der Waals surface area contributed by atoms with E-state index in [4.69, 9.17) is 5.26 Å². The van der Waals surface area contributed by atoms with Gasteiger partial charge in [-0.3, -0.25) is 4.98 Å². The SMILES string of the molecule is N#CCc1cc(I)c(C(F)F)cn1. The minimum Gasteiger partial charge on any atom is -0.260 e. The molecule has 2 nitrogen and oxygen atoms in total. The summed E-state index contributed by atoms with van der Waals surface area (Å²) >= 11 is 1.81. The molecule has 5 heteroatoms. The maximum atomic E-state index is 12.2. The minimum absolute atomic E-state index is 0.0812. The fourth-order valence-electron chi connectivity index (χ4n) is 0.819. The highest BCUT2D eigenvalue weighted by atomic mass is 127. The van der Waals surface area contributed by atoms with Gasteiger partial charge in [-0.25, -0.2) is 8.78 Å². The Balaban J connectivity index is 3.00. The highest BCUT2D eigenvalue weighted by Crippen LogP contribution is 2.23. The average Bonchev–Trinajstić information content (AvgIpc) is 2.04. The lowest BCUT2D eigenvalue weighted by molar-refractivity contribution is 0.150. The molecule has 0 aliphatic carbocycles. The van der Waals surface area contributed by atoms with Gasteiger partial charge < -0.3 is 0 Å². The third-order valence-corrected chi connectivity index (χ3v) is 2.37. The van der Waals surface area contributed by atoms with Crippen molar-refractivity contribution in [3.05, 3.63) is 27.1 Å². The van der Waals surface area contributed by atoms with Gasteiger partial charge in [0.25, 0.3) is 6.43 Å². The summed E-state index contributed by atoms with van der Waals surface area (Å²) in [6.07, 6.45) is -1.23. The topological polar surface area (TPSA) is 36.7 Å². The Hall–Kier alpha value is -0.770. The lowest BCUT2D eigenvalue weighted by Gasteiger charge is -2.02. The molecule has 1 aromatic heterocycles. The van der Waals surface area contributed by atoms with Gasteiger partial charge in [0.05, 0.1) is 18.2 Å². The van der Waals surface area contributed by atoms with Crippen molar-refractivity contribution < 1.29 is 8.78 Å². The van der Waals surface area contributed by atoms with Gasteiger partial charge >= 0.3 is 0 Å². The van der Waals surface area contributed by atoms with Crippen molar-refractivity contribution >= 4 is 22.6 Å². The number of aromatic nitrogens is 1. The largest absolute Gasteiger partial charge is 0.266 e. The molecular formula is C8H5F2IN2. The van der Waals surface area contributed by atoms with E-state index in [0.717, 1.165) is 6.20 Å². The van der Waals surface area contributed by atoms with Crippen molar-refractivity contribution in [1.82, 2.24) is 4.98 Å². The van der Waals surface area contributed by atoms with Crippen LogP contribution in [-0.4, -0.2) is 4.98 Å². The summed E-state index contributed by atoms with van der Waals surface area (Å²) in [5.74, 6) is 0. The molecule has 0 atom stereocenters. The average molecular weight is 294 g/mol. The molecule has 0 bridgehead atoms. The monoisotopic (exact) mass is 294 g/mol. The van der Waals surface area contributed by atoms with Gasteiger partial charge in [0.1, 0.15) is 0 Å². The standard InChI is InChI=1S/C8H5F2IN2/c9-8(10)6-4-13-5(1-2-12)3-7(6)11/h3-4,8H,1H2. The van der Waals surface area contributed by atoms with E-state index in [2.05, 4.69) is 4.98 Å². The number of nitriles is 1. The van der Waals surface area contributed by atoms with Crippen molar-refractivity contribution in [2.24, 2.45) is 0 Å². The lowest BCUT2D eigenvalue weighted by Crippen LogP contribution is -1.95. The second kappa shape index (κ2) is 4.46. The summed E-state index contributed by atoms with van der Waals surface area (Å²) in [4.78, 5) is 3.74. The van der Waals surface area contributed by atoms with Crippen LogP contribution in [0.3, 0.4) is 0 Å². The molecular weight excluding hydrogens is 289 g/mol. The van der Waals surface area contributed by atoms with Gasteiger partial charge in [-0.1, -0.05) is 0 Å². The summed E-state index contributed by atoms with van der Waals surface area (Å²) < 4.78 is 24.9. The molecule has 13 heavy (non-hydrogen) atoms. The molecule has 0 spiro atoms. The van der Waals surface area contributed by atoms with E-state index in [1.54, 1.807) is 0 Å². The Morgan fingerprint density at radius 3 is 2.77 bits per heavy atom. The molecule has 68 valence electrons. The molecule has 0 unspecified atom stereocenters. The van der Waals surface area contributed by atoms with Crippen LogP contribution in [0, 0.1) is 14.9 Å². The van der Waals surface area contributed by atoms with E-state index in [-0.39, 0.29) is 12.0 Å². The molecule has 0 N–H and O–H groups in total. The summed E-state index contributed by atoms with van der Waals surface area (Å²) in [5, 5.41) is 8.35. The summed E-state index contributed by atoms with van der Waals surface area (Å²) in [6, 6.07) is 3.41. The third kappa shape index (κ3) is 2.59. The van der Waals surface area contributed by atoms with E-state index < -0.39 is 6.43 Å². The third-order valence-electron chi connectivity index (χ3n) is 1.43. The molecule has 0 fully saturated rings. The Labute approximate surface area is 87.7 Å². The smallest absolute Gasteiger partial charge is 0.260 e. The second-order valence-electron chi connectivity index (χ2n) is 2.33. The zero-order valence-electron chi connectivity index (χ0n) is 6.47. The van der Waals surface area contributed by atoms with Crippen LogP contribution in [0.5, 0.6) is 0 Å². The molecule has 1 rings (SSSR count). The quantitative estimate of drug-likeness (QED) is 0.786. The van der Waals surface area contributed by atoms with E-state index in [1.807, 2.05) is 28.7 Å². The van der Waals surface area contributed by atoms with Gasteiger partial charge in [-0.05, 0) is 28.7 Å². The van der Waals surface area contributed by atoms with Crippen LogP contribution < -0.4 is 0 Å². The first-order chi connectivity index (χ1) is 6.15. The van der Waals surface area contributed by atoms with Crippen molar-refractivity contribution in [1.29, 1.82) is 5.26 Å². The summed E-state index contributed by atoms with van der Waals surface area (Å²) in [7, 11) is 0. The number of hydrogen-bond donors (Lipinski definition) is 0. The second-order valence-corrected chi connectivity index (χ2v) is 3.49. The fraction of sp³-hybridized carbons (Fsp3) is 0.250. The van der Waals surface area contributed by atoms with Crippen molar-refractivity contribution in [3.8, 4) is 6.07 Å². The Bertz CT molecular complexity index is 346. The van der Waals surface area contributed by atoms with Gasteiger partial charge in [-0.2, -0.15) is 5.26 Å². The van der Waals surface area contributed by atoms with Crippen LogP contribution in [0.1, 0.15) is 17.7 Å². The number of hydrogen-bond acceptors (Lipinski definition) is 2. The first kappa shape index (κ1) is 10.3. The molecule has 0 saturated carbocycles. The van der Waals surface area contributed by atoms with Crippen LogP contribution in [0.2, 0.25) is 0 Å². The summed E-state index contributed by atoms with van der Waals surface area (Å²) in [5.41, 5.74) is 0.443. The predicted octanol–water partition coefficient (Wildman–Crippen LogP) is 2.69. The van der Waals surface area contributed by atoms with E-state index in [9.17, 15) is 8.78 Å². The lowest BCUT2D eigenvalue weighted by atomic mass is 10.2. The zero-order chi connectivity index (χ0) is 9.84. The van der Waals surface area contributed by atoms with Crippen molar-refractivity contribution in [2.75, 3.05) is 0 Å². The van der Waals surface area contributed by atoms with Crippen LogP contribution in [0.4, 0.5) is 8.78 Å². The summed E-state index contributed by atoms with van der Waals surface area (Å²) in [6.45, 7) is 0. The van der Waals surface area contributed by atoms with Gasteiger partial charge in [0.15, 0.2) is 0 Å². The maximum Gasteiger partial charge on any atom is 0.266 e. The first-order valence-electron chi connectivity index (χ1n) is 3.44. The fourth-order valence-corrected chi connectivity index (χ4v) is 1.55. The molecule has 0 aliphatic heterocycles. The molecule has 0 radical (unpaired) electrons. The molecule has 0 saturated heterocycles. The number of halogens is 3.